The number of nitrogens with one attached hydrogen (secondary N) is 2. The number of esters is 1. The van der Waals surface area contributed by atoms with Gasteiger partial charge in [0.15, 0.2) is 11.6 Å². The van der Waals surface area contributed by atoms with Crippen molar-refractivity contribution in [2.45, 2.75) is 45.8 Å². The number of carbonyl (C=O) groups excluding carboxylic acids is 2. The maximum absolute atomic E-state index is 12.1. The van der Waals surface area contributed by atoms with Crippen molar-refractivity contribution in [1.29, 1.82) is 0 Å². The van der Waals surface area contributed by atoms with Gasteiger partial charge in [0.25, 0.3) is 0 Å². The lowest BCUT2D eigenvalue weighted by atomic mass is 10.1. The van der Waals surface area contributed by atoms with Crippen molar-refractivity contribution in [3.63, 3.8) is 0 Å². The van der Waals surface area contributed by atoms with Gasteiger partial charge in [-0.2, -0.15) is 4.98 Å². The Kier molecular flexibility index (Phi) is 8.20. The van der Waals surface area contributed by atoms with E-state index in [0.717, 1.165) is 18.4 Å². The van der Waals surface area contributed by atoms with Gasteiger partial charge < -0.3 is 14.8 Å². The molecule has 0 saturated heterocycles. The second-order valence-corrected chi connectivity index (χ2v) is 6.22. The van der Waals surface area contributed by atoms with Gasteiger partial charge in [-0.25, -0.2) is 9.78 Å². The largest absolute Gasteiger partial charge is 0.483 e. The summed E-state index contributed by atoms with van der Waals surface area (Å²) in [6.45, 7) is 3.73. The third-order valence-corrected chi connectivity index (χ3v) is 3.92. The minimum Gasteiger partial charge on any atom is -0.483 e. The molecule has 0 radical (unpaired) electrons. The summed E-state index contributed by atoms with van der Waals surface area (Å²) in [7, 11) is 1.35. The van der Waals surface area contributed by atoms with Gasteiger partial charge in [0.1, 0.15) is 12.6 Å². The fraction of sp³-hybridized carbons (Fsp3) is 0.400. The van der Waals surface area contributed by atoms with Crippen LogP contribution in [0.1, 0.15) is 38.7 Å². The zero-order chi connectivity index (χ0) is 20.4. The molecule has 0 aliphatic rings. The molecule has 0 aliphatic heterocycles. The normalized spacial score (nSPS) is 11.4. The van der Waals surface area contributed by atoms with E-state index in [2.05, 4.69) is 20.6 Å². The number of amides is 1. The molecule has 2 rings (SSSR count). The van der Waals surface area contributed by atoms with Gasteiger partial charge in [-0.3, -0.25) is 10.1 Å². The smallest absolute Gasteiger partial charge is 0.328 e. The first-order valence-electron chi connectivity index (χ1n) is 9.19. The van der Waals surface area contributed by atoms with Crippen LogP contribution in [-0.4, -0.2) is 35.0 Å². The second kappa shape index (κ2) is 10.9. The van der Waals surface area contributed by atoms with Crippen molar-refractivity contribution < 1.29 is 19.1 Å². The summed E-state index contributed by atoms with van der Waals surface area (Å²) in [4.78, 5) is 31.9. The highest BCUT2D eigenvalue weighted by Gasteiger charge is 2.21. The van der Waals surface area contributed by atoms with Crippen molar-refractivity contribution in [3.8, 4) is 5.75 Å². The molecule has 0 bridgehead atoms. The fourth-order valence-electron chi connectivity index (χ4n) is 2.50. The van der Waals surface area contributed by atoms with Crippen molar-refractivity contribution >= 4 is 23.6 Å². The Morgan fingerprint density at radius 3 is 2.61 bits per heavy atom. The summed E-state index contributed by atoms with van der Waals surface area (Å²) in [5, 5.41) is 5.61. The van der Waals surface area contributed by atoms with E-state index >= 15 is 0 Å². The summed E-state index contributed by atoms with van der Waals surface area (Å²) in [5.41, 5.74) is 0.981. The van der Waals surface area contributed by atoms with Gasteiger partial charge in [0, 0.05) is 6.92 Å². The van der Waals surface area contributed by atoms with Gasteiger partial charge in [-0.1, -0.05) is 50.1 Å². The molecule has 0 aliphatic carbocycles. The van der Waals surface area contributed by atoms with Crippen LogP contribution in [0.3, 0.4) is 0 Å². The minimum atomic E-state index is -0.580. The average Bonchev–Trinajstić information content (AvgIpc) is 2.70. The molecule has 1 aromatic carbocycles. The standard InChI is InChI=1S/C20H26N4O4/c1-4-5-11-16(19(26)27-3)23-18-17(12-21-20(24-18)22-14(2)25)28-13-15-9-7-6-8-10-15/h6-10,12,16H,4-5,11,13H2,1-3H3,(H2,21,22,23,24,25)/t16-/m0/s1. The number of ether oxygens (including phenoxy) is 2. The minimum absolute atomic E-state index is 0.126. The topological polar surface area (TPSA) is 102 Å². The van der Waals surface area contributed by atoms with Crippen LogP contribution in [0.2, 0.25) is 0 Å². The predicted molar refractivity (Wildman–Crippen MR) is 106 cm³/mol. The van der Waals surface area contributed by atoms with Gasteiger partial charge in [0.05, 0.1) is 13.3 Å². The molecule has 1 aromatic heterocycles. The molecule has 28 heavy (non-hydrogen) atoms. The lowest BCUT2D eigenvalue weighted by Crippen LogP contribution is -2.31. The van der Waals surface area contributed by atoms with E-state index in [1.165, 1.54) is 20.2 Å². The number of rotatable bonds is 10. The van der Waals surface area contributed by atoms with Gasteiger partial charge in [-0.15, -0.1) is 0 Å². The number of aromatic nitrogens is 2. The highest BCUT2D eigenvalue weighted by atomic mass is 16.5. The molecule has 8 heteroatoms. The Labute approximate surface area is 164 Å². The third kappa shape index (κ3) is 6.53. The molecule has 0 unspecified atom stereocenters. The van der Waals surface area contributed by atoms with Crippen molar-refractivity contribution in [2.24, 2.45) is 0 Å². The summed E-state index contributed by atoms with van der Waals surface area (Å²) < 4.78 is 10.7. The number of hydrogen-bond donors (Lipinski definition) is 2. The first-order chi connectivity index (χ1) is 13.5. The third-order valence-electron chi connectivity index (χ3n) is 3.92. The molecule has 2 aromatic rings. The van der Waals surface area contributed by atoms with E-state index in [1.54, 1.807) is 0 Å². The van der Waals surface area contributed by atoms with E-state index in [9.17, 15) is 9.59 Å². The molecule has 150 valence electrons. The summed E-state index contributed by atoms with van der Waals surface area (Å²) in [6.07, 6.45) is 3.84. The highest BCUT2D eigenvalue weighted by Crippen LogP contribution is 2.25. The van der Waals surface area contributed by atoms with E-state index in [-0.39, 0.29) is 17.8 Å². The van der Waals surface area contributed by atoms with Gasteiger partial charge in [0.2, 0.25) is 11.9 Å². The molecule has 8 nitrogen and oxygen atoms in total. The van der Waals surface area contributed by atoms with Crippen LogP contribution < -0.4 is 15.4 Å². The zero-order valence-electron chi connectivity index (χ0n) is 16.4. The Morgan fingerprint density at radius 1 is 1.21 bits per heavy atom. The number of benzene rings is 1. The number of anilines is 2. The lowest BCUT2D eigenvalue weighted by molar-refractivity contribution is -0.141. The second-order valence-electron chi connectivity index (χ2n) is 6.22. The molecular formula is C20H26N4O4. The zero-order valence-corrected chi connectivity index (χ0v) is 16.4. The maximum atomic E-state index is 12.1. The molecule has 0 fully saturated rings. The van der Waals surface area contributed by atoms with E-state index in [0.29, 0.717) is 24.6 Å². The molecule has 0 spiro atoms. The molecule has 2 N–H and O–H groups in total. The van der Waals surface area contributed by atoms with Crippen LogP contribution in [0.4, 0.5) is 11.8 Å². The number of carbonyl (C=O) groups is 2. The molecule has 1 amide bonds. The first kappa shape index (κ1) is 21.1. The van der Waals surface area contributed by atoms with Crippen LogP contribution in [0, 0.1) is 0 Å². The number of nitrogens with zero attached hydrogens (tertiary/aromatic N) is 2. The van der Waals surface area contributed by atoms with Crippen LogP contribution in [0.5, 0.6) is 5.75 Å². The van der Waals surface area contributed by atoms with Crippen molar-refractivity contribution in [3.05, 3.63) is 42.1 Å². The Morgan fingerprint density at radius 2 is 1.96 bits per heavy atom. The lowest BCUT2D eigenvalue weighted by Gasteiger charge is -2.19. The highest BCUT2D eigenvalue weighted by molar-refractivity contribution is 5.87. The predicted octanol–water partition coefficient (Wildman–Crippen LogP) is 3.16. The van der Waals surface area contributed by atoms with Gasteiger partial charge in [-0.05, 0) is 12.0 Å². The van der Waals surface area contributed by atoms with E-state index < -0.39 is 6.04 Å². The molecule has 1 heterocycles. The van der Waals surface area contributed by atoms with Crippen LogP contribution in [0.15, 0.2) is 36.5 Å². The van der Waals surface area contributed by atoms with E-state index in [4.69, 9.17) is 9.47 Å². The Hall–Kier alpha value is -3.16. The molecular weight excluding hydrogens is 360 g/mol. The number of hydrogen-bond acceptors (Lipinski definition) is 7. The summed E-state index contributed by atoms with van der Waals surface area (Å²) in [6, 6.07) is 9.08. The average molecular weight is 386 g/mol. The number of methoxy groups -OCH3 is 1. The van der Waals surface area contributed by atoms with Crippen LogP contribution in [-0.2, 0) is 20.9 Å². The summed E-state index contributed by atoms with van der Waals surface area (Å²) in [5.74, 6) is 0.146. The fourth-order valence-corrected chi connectivity index (χ4v) is 2.50. The Bertz CT molecular complexity index is 783. The van der Waals surface area contributed by atoms with Crippen LogP contribution >= 0.6 is 0 Å². The first-order valence-corrected chi connectivity index (χ1v) is 9.19. The van der Waals surface area contributed by atoms with Crippen molar-refractivity contribution in [1.82, 2.24) is 9.97 Å². The van der Waals surface area contributed by atoms with Crippen molar-refractivity contribution in [2.75, 3.05) is 17.7 Å². The Balaban J connectivity index is 2.24. The van der Waals surface area contributed by atoms with Gasteiger partial charge >= 0.3 is 5.97 Å². The maximum Gasteiger partial charge on any atom is 0.328 e. The number of unbranched alkanes of at least 4 members (excludes halogenated alkanes) is 1. The quantitative estimate of drug-likeness (QED) is 0.605. The van der Waals surface area contributed by atoms with Crippen LogP contribution in [0.25, 0.3) is 0 Å². The SMILES string of the molecule is CCCC[C@H](Nc1nc(NC(C)=O)ncc1OCc1ccccc1)C(=O)OC. The van der Waals surface area contributed by atoms with E-state index in [1.807, 2.05) is 37.3 Å². The molecule has 1 atom stereocenters. The summed E-state index contributed by atoms with van der Waals surface area (Å²) >= 11 is 0. The molecule has 0 saturated carbocycles. The monoisotopic (exact) mass is 386 g/mol.